The summed E-state index contributed by atoms with van der Waals surface area (Å²) in [6, 6.07) is 0. The first-order valence-electron chi connectivity index (χ1n) is 8.58. The van der Waals surface area contributed by atoms with Gasteiger partial charge in [-0.1, -0.05) is 12.8 Å². The molecule has 7 nitrogen and oxygen atoms in total. The lowest BCUT2D eigenvalue weighted by atomic mass is 9.80. The smallest absolute Gasteiger partial charge is 0.457 e. The van der Waals surface area contributed by atoms with Crippen LogP contribution in [0.5, 0.6) is 0 Å². The standard InChI is InChI=1S/C16H29B2NO6/c1-14(2)15(3,4)25-18(24-14)10-7-6-8-16(9-11-20,13(21)22-5)19-12-23-17/h11-12H,6-10,17H2,1-5H3/t16-/m1/s1. The third-order valence-corrected chi connectivity index (χ3v) is 4.97. The second-order valence-corrected chi connectivity index (χ2v) is 7.30. The quantitative estimate of drug-likeness (QED) is 0.147. The molecule has 0 radical (unpaired) electrons. The Morgan fingerprint density at radius 2 is 1.84 bits per heavy atom. The van der Waals surface area contributed by atoms with Crippen LogP contribution >= 0.6 is 0 Å². The molecule has 1 fully saturated rings. The molecular weight excluding hydrogens is 324 g/mol. The molecule has 0 saturated carbocycles. The molecule has 0 aromatic carbocycles. The van der Waals surface area contributed by atoms with E-state index in [-0.39, 0.29) is 24.7 Å². The van der Waals surface area contributed by atoms with Gasteiger partial charge in [-0.2, -0.15) is 0 Å². The molecule has 1 atom stereocenters. The number of aliphatic imine (C=N–C) groups is 1. The highest BCUT2D eigenvalue weighted by Gasteiger charge is 2.50. The molecular formula is C16H29B2NO6. The molecule has 1 saturated heterocycles. The summed E-state index contributed by atoms with van der Waals surface area (Å²) in [6.45, 7) is 8.05. The summed E-state index contributed by atoms with van der Waals surface area (Å²) in [7, 11) is 2.45. The van der Waals surface area contributed by atoms with E-state index < -0.39 is 11.5 Å². The van der Waals surface area contributed by atoms with Crippen LogP contribution < -0.4 is 0 Å². The fourth-order valence-corrected chi connectivity index (χ4v) is 2.75. The number of methoxy groups -OCH3 is 1. The van der Waals surface area contributed by atoms with Crippen molar-refractivity contribution < 1.29 is 28.3 Å². The van der Waals surface area contributed by atoms with E-state index in [1.54, 1.807) is 0 Å². The van der Waals surface area contributed by atoms with Gasteiger partial charge in [0.1, 0.15) is 6.29 Å². The number of hydrogen-bond donors (Lipinski definition) is 0. The maximum absolute atomic E-state index is 12.2. The van der Waals surface area contributed by atoms with E-state index in [0.29, 0.717) is 25.4 Å². The van der Waals surface area contributed by atoms with Gasteiger partial charge in [-0.15, -0.1) is 0 Å². The molecule has 0 N–H and O–H groups in total. The molecule has 9 heteroatoms. The largest absolute Gasteiger partial charge is 0.560 e. The number of hydrogen-bond acceptors (Lipinski definition) is 7. The number of esters is 1. The maximum Gasteiger partial charge on any atom is 0.457 e. The molecule has 1 aliphatic rings. The van der Waals surface area contributed by atoms with Crippen molar-refractivity contribution in [2.24, 2.45) is 4.99 Å². The van der Waals surface area contributed by atoms with Crippen molar-refractivity contribution >= 4 is 33.8 Å². The van der Waals surface area contributed by atoms with Crippen molar-refractivity contribution in [1.82, 2.24) is 0 Å². The average molecular weight is 353 g/mol. The van der Waals surface area contributed by atoms with Crippen LogP contribution in [0.4, 0.5) is 0 Å². The molecule has 140 valence electrons. The molecule has 0 aromatic rings. The van der Waals surface area contributed by atoms with E-state index in [1.807, 2.05) is 27.7 Å². The van der Waals surface area contributed by atoms with E-state index in [1.165, 1.54) is 21.6 Å². The Morgan fingerprint density at radius 3 is 2.32 bits per heavy atom. The first-order valence-corrected chi connectivity index (χ1v) is 8.58. The molecule has 0 bridgehead atoms. The molecule has 25 heavy (non-hydrogen) atoms. The molecule has 0 spiro atoms. The number of carbonyl (C=O) groups excluding carboxylic acids is 2. The number of carbonyl (C=O) groups is 2. The Hall–Kier alpha value is -1.34. The Balaban J connectivity index is 2.62. The fourth-order valence-electron chi connectivity index (χ4n) is 2.75. The number of nitrogens with zero attached hydrogens (tertiary/aromatic N) is 1. The highest BCUT2D eigenvalue weighted by Crippen LogP contribution is 2.38. The minimum Gasteiger partial charge on any atom is -0.560 e. The Labute approximate surface area is 151 Å². The predicted octanol–water partition coefficient (Wildman–Crippen LogP) is 1.34. The molecule has 0 aromatic heterocycles. The number of aldehydes is 1. The van der Waals surface area contributed by atoms with Crippen LogP contribution in [0, 0.1) is 0 Å². The second kappa shape index (κ2) is 8.85. The van der Waals surface area contributed by atoms with Crippen LogP contribution in [0.1, 0.15) is 53.4 Å². The summed E-state index contributed by atoms with van der Waals surface area (Å²) in [5.74, 6) is -0.538. The van der Waals surface area contributed by atoms with Crippen molar-refractivity contribution in [3.8, 4) is 0 Å². The second-order valence-electron chi connectivity index (χ2n) is 7.30. The van der Waals surface area contributed by atoms with Gasteiger partial charge in [0.2, 0.25) is 0 Å². The SMILES string of the molecule is BOC=N[C@@](CC=O)(CCCCB1OC(C)(C)C(C)(C)O1)C(=O)OC. The minimum atomic E-state index is -1.23. The third-order valence-electron chi connectivity index (χ3n) is 4.97. The highest BCUT2D eigenvalue weighted by molar-refractivity contribution is 6.45. The summed E-state index contributed by atoms with van der Waals surface area (Å²) in [6.07, 6.45) is 4.35. The van der Waals surface area contributed by atoms with Gasteiger partial charge in [0.25, 0.3) is 0 Å². The van der Waals surface area contributed by atoms with E-state index in [2.05, 4.69) is 4.99 Å². The van der Waals surface area contributed by atoms with E-state index >= 15 is 0 Å². The van der Waals surface area contributed by atoms with Crippen LogP contribution in [-0.4, -0.2) is 57.7 Å². The van der Waals surface area contributed by atoms with Crippen LogP contribution in [0.2, 0.25) is 6.32 Å². The zero-order valence-corrected chi connectivity index (χ0v) is 16.2. The van der Waals surface area contributed by atoms with Crippen LogP contribution in [0.15, 0.2) is 4.99 Å². The fraction of sp³-hybridized carbons (Fsp3) is 0.812. The summed E-state index contributed by atoms with van der Waals surface area (Å²) < 4.78 is 21.6. The van der Waals surface area contributed by atoms with Gasteiger partial charge in [-0.3, -0.25) is 0 Å². The van der Waals surface area contributed by atoms with Crippen LogP contribution in [0.25, 0.3) is 0 Å². The molecule has 1 aliphatic heterocycles. The van der Waals surface area contributed by atoms with E-state index in [0.717, 1.165) is 6.42 Å². The monoisotopic (exact) mass is 353 g/mol. The highest BCUT2D eigenvalue weighted by atomic mass is 16.7. The molecule has 1 rings (SSSR count). The maximum atomic E-state index is 12.2. The first kappa shape index (κ1) is 21.7. The third kappa shape index (κ3) is 5.31. The van der Waals surface area contributed by atoms with Gasteiger partial charge >= 0.3 is 21.1 Å². The van der Waals surface area contributed by atoms with Gasteiger partial charge in [-0.25, -0.2) is 9.79 Å². The van der Waals surface area contributed by atoms with Crippen LogP contribution in [-0.2, 0) is 28.3 Å². The number of ether oxygens (including phenoxy) is 1. The lowest BCUT2D eigenvalue weighted by Crippen LogP contribution is -2.41. The Bertz CT molecular complexity index is 481. The van der Waals surface area contributed by atoms with E-state index in [9.17, 15) is 9.59 Å². The average Bonchev–Trinajstić information content (AvgIpc) is 2.75. The zero-order chi connectivity index (χ0) is 19.1. The van der Waals surface area contributed by atoms with Crippen molar-refractivity contribution in [2.45, 2.75) is 76.4 Å². The molecule has 0 aliphatic carbocycles. The van der Waals surface area contributed by atoms with Crippen molar-refractivity contribution in [3.63, 3.8) is 0 Å². The molecule has 0 unspecified atom stereocenters. The topological polar surface area (TPSA) is 83.4 Å². The number of unbranched alkanes of at least 4 members (excludes halogenated alkanes) is 1. The summed E-state index contributed by atoms with van der Waals surface area (Å²) >= 11 is 0. The summed E-state index contributed by atoms with van der Waals surface area (Å²) in [4.78, 5) is 27.3. The van der Waals surface area contributed by atoms with Crippen molar-refractivity contribution in [3.05, 3.63) is 0 Å². The summed E-state index contributed by atoms with van der Waals surface area (Å²) in [5, 5.41) is 0. The van der Waals surface area contributed by atoms with Gasteiger partial charge in [-0.05, 0) is 40.4 Å². The first-order chi connectivity index (χ1) is 11.6. The van der Waals surface area contributed by atoms with Gasteiger partial charge in [0, 0.05) is 6.42 Å². The summed E-state index contributed by atoms with van der Waals surface area (Å²) in [5.41, 5.74) is -1.94. The predicted molar refractivity (Wildman–Crippen MR) is 98.3 cm³/mol. The number of rotatable bonds is 10. The lowest BCUT2D eigenvalue weighted by Gasteiger charge is -2.32. The zero-order valence-electron chi connectivity index (χ0n) is 16.2. The normalized spacial score (nSPS) is 21.1. The molecule has 1 heterocycles. The Morgan fingerprint density at radius 1 is 1.24 bits per heavy atom. The Kier molecular flexibility index (Phi) is 7.68. The lowest BCUT2D eigenvalue weighted by molar-refractivity contribution is -0.148. The van der Waals surface area contributed by atoms with Crippen molar-refractivity contribution in [1.29, 1.82) is 0 Å². The minimum absolute atomic E-state index is 0.0456. The van der Waals surface area contributed by atoms with Crippen LogP contribution in [0.3, 0.4) is 0 Å². The molecule has 0 amide bonds. The van der Waals surface area contributed by atoms with Gasteiger partial charge in [0.15, 0.2) is 11.9 Å². The van der Waals surface area contributed by atoms with Gasteiger partial charge < -0.3 is 23.5 Å². The van der Waals surface area contributed by atoms with E-state index in [4.69, 9.17) is 18.7 Å². The van der Waals surface area contributed by atoms with Crippen molar-refractivity contribution in [2.75, 3.05) is 7.11 Å². The van der Waals surface area contributed by atoms with Gasteiger partial charge in [0.05, 0.1) is 18.3 Å².